The Bertz CT molecular complexity index is 765. The largest absolute Gasteiger partial charge is 0.346 e. The zero-order valence-corrected chi connectivity index (χ0v) is 14.1. The normalized spacial score (nSPS) is 14.9. The number of carbonyl (C=O) groups excluding carboxylic acids is 2. The summed E-state index contributed by atoms with van der Waals surface area (Å²) in [7, 11) is 0. The molecule has 2 N–H and O–H groups in total. The van der Waals surface area contributed by atoms with Crippen LogP contribution in [0.25, 0.3) is 6.08 Å². The average Bonchev–Trinajstić information content (AvgIpc) is 3.46. The van der Waals surface area contributed by atoms with Crippen LogP contribution in [0.15, 0.2) is 54.9 Å². The van der Waals surface area contributed by atoms with Gasteiger partial charge in [0.15, 0.2) is 0 Å². The third kappa shape index (κ3) is 5.01. The second-order valence-corrected chi connectivity index (χ2v) is 6.24. The number of pyridine rings is 1. The first-order valence-corrected chi connectivity index (χ1v) is 8.41. The maximum absolute atomic E-state index is 12.0. The zero-order valence-electron chi connectivity index (χ0n) is 14.1. The second kappa shape index (κ2) is 7.75. The highest BCUT2D eigenvalue weighted by Gasteiger charge is 2.29. The predicted octanol–water partition coefficient (Wildman–Crippen LogP) is 3.32. The number of hydrogen-bond donors (Lipinski definition) is 2. The van der Waals surface area contributed by atoms with E-state index in [4.69, 9.17) is 0 Å². The molecule has 5 heteroatoms. The molecule has 0 radical (unpaired) electrons. The Morgan fingerprint density at radius 2 is 1.96 bits per heavy atom. The van der Waals surface area contributed by atoms with E-state index in [0.29, 0.717) is 0 Å². The molecule has 1 aromatic carbocycles. The summed E-state index contributed by atoms with van der Waals surface area (Å²) < 4.78 is 0. The molecule has 5 nitrogen and oxygen atoms in total. The molecule has 2 amide bonds. The summed E-state index contributed by atoms with van der Waals surface area (Å²) in [6, 6.07) is 11.1. The van der Waals surface area contributed by atoms with Crippen LogP contribution < -0.4 is 10.6 Å². The Hall–Kier alpha value is -2.95. The van der Waals surface area contributed by atoms with Crippen molar-refractivity contribution in [2.24, 2.45) is 5.92 Å². The fourth-order valence-corrected chi connectivity index (χ4v) is 2.44. The number of benzene rings is 1. The number of carbonyl (C=O) groups is 2. The Morgan fingerprint density at radius 1 is 1.20 bits per heavy atom. The van der Waals surface area contributed by atoms with Gasteiger partial charge < -0.3 is 10.6 Å². The molecule has 1 fully saturated rings. The summed E-state index contributed by atoms with van der Waals surface area (Å²) >= 11 is 0. The standard InChI is InChI=1S/C20H21N3O2/c1-14(22-19(24)11-4-15-3-2-12-21-13-15)16-7-9-18(10-8-16)23-20(25)17-5-6-17/h2-4,7-14,17H,5-6H2,1H3,(H,22,24)(H,23,25)/b11-4+/t14-/m0/s1. The first-order chi connectivity index (χ1) is 12.1. The molecule has 128 valence electrons. The molecule has 0 spiro atoms. The molecule has 1 heterocycles. The van der Waals surface area contributed by atoms with Gasteiger partial charge in [0.1, 0.15) is 0 Å². The lowest BCUT2D eigenvalue weighted by Crippen LogP contribution is -2.24. The van der Waals surface area contributed by atoms with Crippen LogP contribution in [0.5, 0.6) is 0 Å². The van der Waals surface area contributed by atoms with Gasteiger partial charge in [0.2, 0.25) is 11.8 Å². The number of nitrogens with zero attached hydrogens (tertiary/aromatic N) is 1. The fraction of sp³-hybridized carbons (Fsp3) is 0.250. The smallest absolute Gasteiger partial charge is 0.244 e. The van der Waals surface area contributed by atoms with Crippen LogP contribution in [0, 0.1) is 5.92 Å². The Labute approximate surface area is 147 Å². The molecule has 1 saturated carbocycles. The van der Waals surface area contributed by atoms with E-state index in [0.717, 1.165) is 29.7 Å². The monoisotopic (exact) mass is 335 g/mol. The van der Waals surface area contributed by atoms with Crippen molar-refractivity contribution < 1.29 is 9.59 Å². The topological polar surface area (TPSA) is 71.1 Å². The van der Waals surface area contributed by atoms with Gasteiger partial charge >= 0.3 is 0 Å². The number of amides is 2. The number of hydrogen-bond acceptors (Lipinski definition) is 3. The fourth-order valence-electron chi connectivity index (χ4n) is 2.44. The lowest BCUT2D eigenvalue weighted by molar-refractivity contribution is -0.118. The first kappa shape index (κ1) is 16.9. The van der Waals surface area contributed by atoms with Gasteiger partial charge in [-0.2, -0.15) is 0 Å². The first-order valence-electron chi connectivity index (χ1n) is 8.41. The van der Waals surface area contributed by atoms with Gasteiger partial charge in [-0.15, -0.1) is 0 Å². The quantitative estimate of drug-likeness (QED) is 0.796. The van der Waals surface area contributed by atoms with E-state index in [9.17, 15) is 9.59 Å². The summed E-state index contributed by atoms with van der Waals surface area (Å²) in [6.07, 6.45) is 8.58. The number of rotatable bonds is 6. The molecular weight excluding hydrogens is 314 g/mol. The molecule has 3 rings (SSSR count). The third-order valence-electron chi connectivity index (χ3n) is 4.10. The number of anilines is 1. The molecule has 1 aromatic heterocycles. The molecule has 0 bridgehead atoms. The van der Waals surface area contributed by atoms with Gasteiger partial charge in [-0.05, 0) is 55.2 Å². The van der Waals surface area contributed by atoms with Crippen molar-refractivity contribution in [1.29, 1.82) is 0 Å². The maximum Gasteiger partial charge on any atom is 0.244 e. The van der Waals surface area contributed by atoms with Crippen LogP contribution in [0.2, 0.25) is 0 Å². The van der Waals surface area contributed by atoms with Crippen LogP contribution in [0.4, 0.5) is 5.69 Å². The van der Waals surface area contributed by atoms with Crippen molar-refractivity contribution in [3.63, 3.8) is 0 Å². The highest BCUT2D eigenvalue weighted by molar-refractivity contribution is 5.94. The van der Waals surface area contributed by atoms with E-state index in [1.807, 2.05) is 43.3 Å². The van der Waals surface area contributed by atoms with Crippen molar-refractivity contribution >= 4 is 23.6 Å². The minimum Gasteiger partial charge on any atom is -0.346 e. The molecule has 0 aliphatic heterocycles. The van der Waals surface area contributed by atoms with Crippen molar-refractivity contribution in [2.75, 3.05) is 5.32 Å². The molecule has 1 aliphatic rings. The van der Waals surface area contributed by atoms with E-state index in [1.165, 1.54) is 6.08 Å². The van der Waals surface area contributed by atoms with Crippen molar-refractivity contribution in [3.8, 4) is 0 Å². The molecule has 1 atom stereocenters. The Morgan fingerprint density at radius 3 is 2.60 bits per heavy atom. The van der Waals surface area contributed by atoms with E-state index >= 15 is 0 Å². The molecule has 0 saturated heterocycles. The number of aromatic nitrogens is 1. The van der Waals surface area contributed by atoms with Crippen LogP contribution >= 0.6 is 0 Å². The van der Waals surface area contributed by atoms with E-state index < -0.39 is 0 Å². The summed E-state index contributed by atoms with van der Waals surface area (Å²) in [5, 5.41) is 5.83. The molecule has 1 aliphatic carbocycles. The maximum atomic E-state index is 12.0. The Kier molecular flexibility index (Phi) is 5.23. The van der Waals surface area contributed by atoms with Crippen LogP contribution in [-0.2, 0) is 9.59 Å². The van der Waals surface area contributed by atoms with Crippen molar-refractivity contribution in [1.82, 2.24) is 10.3 Å². The van der Waals surface area contributed by atoms with Gasteiger partial charge in [0.25, 0.3) is 0 Å². The zero-order chi connectivity index (χ0) is 17.6. The predicted molar refractivity (Wildman–Crippen MR) is 97.6 cm³/mol. The highest BCUT2D eigenvalue weighted by Crippen LogP contribution is 2.30. The van der Waals surface area contributed by atoms with Crippen LogP contribution in [0.1, 0.15) is 36.9 Å². The Balaban J connectivity index is 1.53. The van der Waals surface area contributed by atoms with E-state index in [-0.39, 0.29) is 23.8 Å². The van der Waals surface area contributed by atoms with Crippen molar-refractivity contribution in [2.45, 2.75) is 25.8 Å². The highest BCUT2D eigenvalue weighted by atomic mass is 16.2. The van der Waals surface area contributed by atoms with Crippen molar-refractivity contribution in [3.05, 3.63) is 66.0 Å². The van der Waals surface area contributed by atoms with Gasteiger partial charge in [0.05, 0.1) is 6.04 Å². The van der Waals surface area contributed by atoms with E-state index in [2.05, 4.69) is 15.6 Å². The minimum atomic E-state index is -0.164. The third-order valence-corrected chi connectivity index (χ3v) is 4.10. The average molecular weight is 335 g/mol. The van der Waals surface area contributed by atoms with E-state index in [1.54, 1.807) is 18.5 Å². The van der Waals surface area contributed by atoms with Gasteiger partial charge in [-0.25, -0.2) is 0 Å². The summed E-state index contributed by atoms with van der Waals surface area (Å²) in [4.78, 5) is 27.8. The number of nitrogens with one attached hydrogen (secondary N) is 2. The summed E-state index contributed by atoms with van der Waals surface area (Å²) in [6.45, 7) is 1.92. The van der Waals surface area contributed by atoms with Gasteiger partial charge in [-0.1, -0.05) is 18.2 Å². The van der Waals surface area contributed by atoms with Gasteiger partial charge in [0, 0.05) is 30.1 Å². The summed E-state index contributed by atoms with van der Waals surface area (Å²) in [5.74, 6) is 0.113. The summed E-state index contributed by atoms with van der Waals surface area (Å²) in [5.41, 5.74) is 2.64. The molecule has 0 unspecified atom stereocenters. The lowest BCUT2D eigenvalue weighted by Gasteiger charge is -2.14. The molecule has 2 aromatic rings. The SMILES string of the molecule is C[C@H](NC(=O)/C=C/c1cccnc1)c1ccc(NC(=O)C2CC2)cc1. The lowest BCUT2D eigenvalue weighted by atomic mass is 10.1. The second-order valence-electron chi connectivity index (χ2n) is 6.24. The molecular formula is C20H21N3O2. The van der Waals surface area contributed by atoms with Crippen LogP contribution in [-0.4, -0.2) is 16.8 Å². The van der Waals surface area contributed by atoms with Gasteiger partial charge in [-0.3, -0.25) is 14.6 Å². The molecule has 25 heavy (non-hydrogen) atoms. The minimum absolute atomic E-state index is 0.0923. The van der Waals surface area contributed by atoms with Crippen LogP contribution in [0.3, 0.4) is 0 Å².